The largest absolute Gasteiger partial charge is 0.366 e. The lowest BCUT2D eigenvalue weighted by atomic mass is 9.87. The number of nitrogens with one attached hydrogen (secondary N) is 1. The van der Waals surface area contributed by atoms with Crippen molar-refractivity contribution < 1.29 is 4.79 Å². The van der Waals surface area contributed by atoms with E-state index in [1.54, 1.807) is 6.20 Å². The first kappa shape index (κ1) is 13.3. The second-order valence-electron chi connectivity index (χ2n) is 5.36. The van der Waals surface area contributed by atoms with Gasteiger partial charge in [0.25, 0.3) is 0 Å². The highest BCUT2D eigenvalue weighted by atomic mass is 32.2. The van der Waals surface area contributed by atoms with E-state index in [0.29, 0.717) is 22.6 Å². The van der Waals surface area contributed by atoms with Gasteiger partial charge in [0, 0.05) is 12.2 Å². The number of carbonyl (C=O) groups excluding carboxylic acids is 1. The molecule has 1 N–H and O–H groups in total. The molecule has 1 atom stereocenters. The number of rotatable bonds is 4. The Labute approximate surface area is 112 Å². The van der Waals surface area contributed by atoms with E-state index in [2.05, 4.69) is 29.1 Å². The Bertz CT molecular complexity index is 448. The average Bonchev–Trinajstić information content (AvgIpc) is 2.68. The fraction of sp³-hybridized carbons (Fsp3) is 0.615. The molecule has 1 fully saturated rings. The van der Waals surface area contributed by atoms with Crippen LogP contribution in [0, 0.1) is 5.41 Å². The molecule has 0 bridgehead atoms. The highest BCUT2D eigenvalue weighted by Gasteiger charge is 2.34. The van der Waals surface area contributed by atoms with Crippen LogP contribution < -0.4 is 5.32 Å². The van der Waals surface area contributed by atoms with Gasteiger partial charge in [0.15, 0.2) is 11.4 Å². The van der Waals surface area contributed by atoms with E-state index >= 15 is 0 Å². The van der Waals surface area contributed by atoms with E-state index in [-0.39, 0.29) is 5.41 Å². The third-order valence-corrected chi connectivity index (χ3v) is 4.23. The number of nitrogens with zero attached hydrogens (tertiary/aromatic N) is 2. The first-order chi connectivity index (χ1) is 8.56. The van der Waals surface area contributed by atoms with Gasteiger partial charge in [-0.3, -0.25) is 4.79 Å². The van der Waals surface area contributed by atoms with Crippen molar-refractivity contribution in [3.63, 3.8) is 0 Å². The van der Waals surface area contributed by atoms with Crippen molar-refractivity contribution in [1.82, 2.24) is 9.97 Å². The molecule has 0 saturated heterocycles. The van der Waals surface area contributed by atoms with Crippen LogP contribution in [0.2, 0.25) is 0 Å². The Balaban J connectivity index is 2.24. The summed E-state index contributed by atoms with van der Waals surface area (Å²) in [6.45, 7) is 4.52. The molecule has 1 aliphatic rings. The highest BCUT2D eigenvalue weighted by Crippen LogP contribution is 2.39. The Morgan fingerprint density at radius 3 is 2.89 bits per heavy atom. The lowest BCUT2D eigenvalue weighted by molar-refractivity contribution is 0.112. The smallest absolute Gasteiger partial charge is 0.189 e. The standard InChI is InChI=1S/C13H19N3OS/c1-13(2)6-4-5-10(13)15-11-9(8-17)7-14-12(16-11)18-3/h7-8,10H,4-6H2,1-3H3,(H,14,15,16)/t10-/m1/s1. The minimum atomic E-state index is 0.255. The quantitative estimate of drug-likeness (QED) is 0.515. The molecule has 5 heteroatoms. The monoisotopic (exact) mass is 265 g/mol. The van der Waals surface area contributed by atoms with Gasteiger partial charge in [-0.2, -0.15) is 0 Å². The molecule has 0 unspecified atom stereocenters. The maximum atomic E-state index is 11.0. The molecule has 1 heterocycles. The predicted octanol–water partition coefficient (Wildman–Crippen LogP) is 3.00. The van der Waals surface area contributed by atoms with Gasteiger partial charge in [-0.25, -0.2) is 9.97 Å². The lowest BCUT2D eigenvalue weighted by Gasteiger charge is -2.28. The minimum Gasteiger partial charge on any atom is -0.366 e. The fourth-order valence-corrected chi connectivity index (χ4v) is 2.78. The predicted molar refractivity (Wildman–Crippen MR) is 74.2 cm³/mol. The van der Waals surface area contributed by atoms with Crippen molar-refractivity contribution in [3.8, 4) is 0 Å². The summed E-state index contributed by atoms with van der Waals surface area (Å²) in [5.74, 6) is 0.671. The number of hydrogen-bond acceptors (Lipinski definition) is 5. The number of thioether (sulfide) groups is 1. The molecule has 18 heavy (non-hydrogen) atoms. The summed E-state index contributed by atoms with van der Waals surface area (Å²) in [5.41, 5.74) is 0.792. The molecule has 0 radical (unpaired) electrons. The molecule has 2 rings (SSSR count). The van der Waals surface area contributed by atoms with Crippen LogP contribution in [0.25, 0.3) is 0 Å². The number of anilines is 1. The molecule has 0 spiro atoms. The molecule has 0 aliphatic heterocycles. The summed E-state index contributed by atoms with van der Waals surface area (Å²) < 4.78 is 0. The van der Waals surface area contributed by atoms with Crippen molar-refractivity contribution in [1.29, 1.82) is 0 Å². The SMILES string of the molecule is CSc1ncc(C=O)c(N[C@@H]2CCCC2(C)C)n1. The third-order valence-electron chi connectivity index (χ3n) is 3.67. The zero-order valence-corrected chi connectivity index (χ0v) is 11.9. The molecule has 4 nitrogen and oxygen atoms in total. The molecule has 0 aromatic carbocycles. The van der Waals surface area contributed by atoms with Gasteiger partial charge in [-0.05, 0) is 24.5 Å². The van der Waals surface area contributed by atoms with Gasteiger partial charge < -0.3 is 5.32 Å². The summed E-state index contributed by atoms with van der Waals surface area (Å²) in [6, 6.07) is 0.376. The average molecular weight is 265 g/mol. The Morgan fingerprint density at radius 1 is 1.56 bits per heavy atom. The third kappa shape index (κ3) is 2.66. The van der Waals surface area contributed by atoms with Crippen molar-refractivity contribution in [2.24, 2.45) is 5.41 Å². The van der Waals surface area contributed by atoms with Gasteiger partial charge in [0.1, 0.15) is 5.82 Å². The summed E-state index contributed by atoms with van der Waals surface area (Å²) in [5, 5.41) is 4.12. The molecule has 98 valence electrons. The molecular formula is C13H19N3OS. The van der Waals surface area contributed by atoms with Crippen LogP contribution in [0.5, 0.6) is 0 Å². The lowest BCUT2D eigenvalue weighted by Crippen LogP contribution is -2.31. The van der Waals surface area contributed by atoms with Crippen molar-refractivity contribution >= 4 is 23.9 Å². The van der Waals surface area contributed by atoms with Crippen molar-refractivity contribution in [2.45, 2.75) is 44.3 Å². The van der Waals surface area contributed by atoms with E-state index < -0.39 is 0 Å². The van der Waals surface area contributed by atoms with Crippen LogP contribution in [0.4, 0.5) is 5.82 Å². The molecule has 1 saturated carbocycles. The summed E-state index contributed by atoms with van der Waals surface area (Å²) >= 11 is 1.48. The maximum absolute atomic E-state index is 11.0. The van der Waals surface area contributed by atoms with Crippen LogP contribution in [0.1, 0.15) is 43.5 Å². The van der Waals surface area contributed by atoms with E-state index in [0.717, 1.165) is 12.7 Å². The van der Waals surface area contributed by atoms with E-state index in [4.69, 9.17) is 0 Å². The van der Waals surface area contributed by atoms with Crippen molar-refractivity contribution in [3.05, 3.63) is 11.8 Å². The molecule has 1 aromatic heterocycles. The fourth-order valence-electron chi connectivity index (χ4n) is 2.43. The number of aromatic nitrogens is 2. The summed E-state index contributed by atoms with van der Waals surface area (Å²) in [7, 11) is 0. The van der Waals surface area contributed by atoms with Crippen LogP contribution in [0.15, 0.2) is 11.4 Å². The van der Waals surface area contributed by atoms with E-state index in [1.165, 1.54) is 24.6 Å². The van der Waals surface area contributed by atoms with Gasteiger partial charge in [-0.15, -0.1) is 0 Å². The zero-order chi connectivity index (χ0) is 13.2. The second-order valence-corrected chi connectivity index (χ2v) is 6.13. The number of aldehydes is 1. The number of carbonyl (C=O) groups is 1. The Kier molecular flexibility index (Phi) is 3.90. The van der Waals surface area contributed by atoms with Crippen LogP contribution >= 0.6 is 11.8 Å². The maximum Gasteiger partial charge on any atom is 0.189 e. The first-order valence-corrected chi connectivity index (χ1v) is 7.42. The van der Waals surface area contributed by atoms with Crippen LogP contribution in [-0.2, 0) is 0 Å². The molecule has 1 aliphatic carbocycles. The molecular weight excluding hydrogens is 246 g/mol. The highest BCUT2D eigenvalue weighted by molar-refractivity contribution is 7.98. The molecule has 1 aromatic rings. The van der Waals surface area contributed by atoms with E-state index in [9.17, 15) is 4.79 Å². The van der Waals surface area contributed by atoms with Crippen molar-refractivity contribution in [2.75, 3.05) is 11.6 Å². The summed E-state index contributed by atoms with van der Waals surface area (Å²) in [6.07, 6.45) is 7.90. The van der Waals surface area contributed by atoms with Crippen LogP contribution in [0.3, 0.4) is 0 Å². The topological polar surface area (TPSA) is 54.9 Å². The zero-order valence-electron chi connectivity index (χ0n) is 11.1. The first-order valence-electron chi connectivity index (χ1n) is 6.19. The van der Waals surface area contributed by atoms with Gasteiger partial charge in [0.05, 0.1) is 5.56 Å². The van der Waals surface area contributed by atoms with E-state index in [1.807, 2.05) is 6.26 Å². The Hall–Kier alpha value is -1.10. The van der Waals surface area contributed by atoms with Gasteiger partial charge in [-0.1, -0.05) is 32.0 Å². The summed E-state index contributed by atoms with van der Waals surface area (Å²) in [4.78, 5) is 19.6. The number of hydrogen-bond donors (Lipinski definition) is 1. The molecule has 0 amide bonds. The van der Waals surface area contributed by atoms with Crippen LogP contribution in [-0.4, -0.2) is 28.6 Å². The van der Waals surface area contributed by atoms with Gasteiger partial charge >= 0.3 is 0 Å². The second kappa shape index (κ2) is 5.26. The normalized spacial score (nSPS) is 21.8. The Morgan fingerprint density at radius 2 is 2.33 bits per heavy atom. The van der Waals surface area contributed by atoms with Gasteiger partial charge in [0.2, 0.25) is 0 Å². The minimum absolute atomic E-state index is 0.255.